The maximum absolute atomic E-state index is 12.6. The molecule has 8 heteroatoms. The van der Waals surface area contributed by atoms with Crippen molar-refractivity contribution in [1.82, 2.24) is 9.97 Å². The number of methoxy groups -OCH3 is 2. The van der Waals surface area contributed by atoms with Crippen molar-refractivity contribution in [3.8, 4) is 22.8 Å². The van der Waals surface area contributed by atoms with Gasteiger partial charge in [0.2, 0.25) is 0 Å². The molecule has 0 bridgehead atoms. The highest BCUT2D eigenvalue weighted by atomic mass is 32.1. The Morgan fingerprint density at radius 1 is 0.903 bits per heavy atom. The predicted octanol–water partition coefficient (Wildman–Crippen LogP) is 5.22. The summed E-state index contributed by atoms with van der Waals surface area (Å²) >= 11 is 1.52. The zero-order valence-corrected chi connectivity index (χ0v) is 17.8. The first-order valence-electron chi connectivity index (χ1n) is 9.42. The topological polar surface area (TPSA) is 85.4 Å². The third kappa shape index (κ3) is 4.99. The van der Waals surface area contributed by atoms with Crippen LogP contribution in [0.3, 0.4) is 0 Å². The van der Waals surface area contributed by atoms with E-state index < -0.39 is 0 Å². The molecule has 0 spiro atoms. The summed E-state index contributed by atoms with van der Waals surface area (Å²) in [5.74, 6) is 0.858. The fourth-order valence-electron chi connectivity index (χ4n) is 2.89. The molecule has 0 aliphatic carbocycles. The minimum absolute atomic E-state index is 0.250. The van der Waals surface area contributed by atoms with Crippen molar-refractivity contribution >= 4 is 33.8 Å². The van der Waals surface area contributed by atoms with Crippen LogP contribution in [0.1, 0.15) is 10.4 Å². The lowest BCUT2D eigenvalue weighted by atomic mass is 10.1. The quantitative estimate of drug-likeness (QED) is 0.417. The van der Waals surface area contributed by atoms with E-state index in [-0.39, 0.29) is 5.91 Å². The molecule has 0 saturated carbocycles. The molecule has 2 N–H and O–H groups in total. The van der Waals surface area contributed by atoms with Gasteiger partial charge in [0.05, 0.1) is 19.9 Å². The predicted molar refractivity (Wildman–Crippen MR) is 123 cm³/mol. The van der Waals surface area contributed by atoms with Crippen LogP contribution in [0, 0.1) is 0 Å². The van der Waals surface area contributed by atoms with Crippen molar-refractivity contribution in [2.24, 2.45) is 0 Å². The Morgan fingerprint density at radius 3 is 2.19 bits per heavy atom. The molecule has 2 heterocycles. The summed E-state index contributed by atoms with van der Waals surface area (Å²) in [7, 11) is 3.09. The summed E-state index contributed by atoms with van der Waals surface area (Å²) in [5, 5.41) is 8.94. The SMILES string of the molecule is COc1cc(OC)cc(C(=O)Nc2ccc(Nc3nc(-c4ccncc4)cs3)cc2)c1. The van der Waals surface area contributed by atoms with Crippen LogP contribution in [-0.2, 0) is 0 Å². The summed E-state index contributed by atoms with van der Waals surface area (Å²) in [6.45, 7) is 0. The van der Waals surface area contributed by atoms with Gasteiger partial charge in [-0.3, -0.25) is 9.78 Å². The van der Waals surface area contributed by atoms with Crippen molar-refractivity contribution in [1.29, 1.82) is 0 Å². The minimum atomic E-state index is -0.250. The maximum atomic E-state index is 12.6. The van der Waals surface area contributed by atoms with Gasteiger partial charge in [0, 0.05) is 46.3 Å². The second-order valence-corrected chi connectivity index (χ2v) is 7.39. The lowest BCUT2D eigenvalue weighted by Crippen LogP contribution is -2.12. The highest BCUT2D eigenvalue weighted by Gasteiger charge is 2.11. The molecule has 4 aromatic rings. The molecule has 31 heavy (non-hydrogen) atoms. The standard InChI is InChI=1S/C23H20N4O3S/c1-29-19-11-16(12-20(13-19)30-2)22(28)25-17-3-5-18(6-4-17)26-23-27-21(14-31-23)15-7-9-24-10-8-15/h3-14H,1-2H3,(H,25,28)(H,26,27). The summed E-state index contributed by atoms with van der Waals surface area (Å²) in [4.78, 5) is 21.2. The minimum Gasteiger partial charge on any atom is -0.497 e. The largest absolute Gasteiger partial charge is 0.497 e. The fraction of sp³-hybridized carbons (Fsp3) is 0.0870. The van der Waals surface area contributed by atoms with Crippen molar-refractivity contribution < 1.29 is 14.3 Å². The average Bonchev–Trinajstić information content (AvgIpc) is 3.29. The molecule has 0 atom stereocenters. The van der Waals surface area contributed by atoms with Gasteiger partial charge >= 0.3 is 0 Å². The third-order valence-corrected chi connectivity index (χ3v) is 5.25. The first kappa shape index (κ1) is 20.4. The third-order valence-electron chi connectivity index (χ3n) is 4.49. The number of nitrogens with one attached hydrogen (secondary N) is 2. The molecule has 7 nitrogen and oxygen atoms in total. The second-order valence-electron chi connectivity index (χ2n) is 6.53. The van der Waals surface area contributed by atoms with E-state index in [0.717, 1.165) is 22.1 Å². The summed E-state index contributed by atoms with van der Waals surface area (Å²) in [6.07, 6.45) is 3.49. The molecule has 2 aromatic carbocycles. The van der Waals surface area contributed by atoms with Gasteiger partial charge in [-0.2, -0.15) is 0 Å². The van der Waals surface area contributed by atoms with E-state index in [1.807, 2.05) is 41.8 Å². The van der Waals surface area contributed by atoms with E-state index in [2.05, 4.69) is 20.6 Å². The van der Waals surface area contributed by atoms with Crippen LogP contribution in [-0.4, -0.2) is 30.1 Å². The number of anilines is 3. The fourth-order valence-corrected chi connectivity index (χ4v) is 3.63. The zero-order chi connectivity index (χ0) is 21.6. The Kier molecular flexibility index (Phi) is 6.09. The van der Waals surface area contributed by atoms with E-state index in [1.165, 1.54) is 11.3 Å². The van der Waals surface area contributed by atoms with Crippen LogP contribution in [0.15, 0.2) is 72.4 Å². The number of carbonyl (C=O) groups excluding carboxylic acids is 1. The Morgan fingerprint density at radius 2 is 1.55 bits per heavy atom. The summed E-state index contributed by atoms with van der Waals surface area (Å²) in [5.41, 5.74) is 3.91. The number of carbonyl (C=O) groups is 1. The second kappa shape index (κ2) is 9.27. The first-order valence-corrected chi connectivity index (χ1v) is 10.3. The number of rotatable bonds is 7. The van der Waals surface area contributed by atoms with Crippen LogP contribution < -0.4 is 20.1 Å². The van der Waals surface area contributed by atoms with Gasteiger partial charge in [-0.1, -0.05) is 0 Å². The molecule has 0 saturated heterocycles. The van der Waals surface area contributed by atoms with Gasteiger partial charge < -0.3 is 20.1 Å². The highest BCUT2D eigenvalue weighted by Crippen LogP contribution is 2.28. The molecule has 1 amide bonds. The van der Waals surface area contributed by atoms with Crippen molar-refractivity contribution in [3.05, 3.63) is 77.9 Å². The molecule has 4 rings (SSSR count). The molecule has 0 unspecified atom stereocenters. The van der Waals surface area contributed by atoms with Gasteiger partial charge in [0.1, 0.15) is 11.5 Å². The highest BCUT2D eigenvalue weighted by molar-refractivity contribution is 7.14. The maximum Gasteiger partial charge on any atom is 0.255 e. The molecule has 2 aromatic heterocycles. The number of thiazole rings is 1. The van der Waals surface area contributed by atoms with Gasteiger partial charge in [-0.15, -0.1) is 11.3 Å². The Balaban J connectivity index is 1.42. The number of amides is 1. The average molecular weight is 433 g/mol. The smallest absolute Gasteiger partial charge is 0.255 e. The monoisotopic (exact) mass is 432 g/mol. The number of ether oxygens (including phenoxy) is 2. The van der Waals surface area contributed by atoms with Crippen LogP contribution in [0.5, 0.6) is 11.5 Å². The van der Waals surface area contributed by atoms with E-state index >= 15 is 0 Å². The molecular formula is C23H20N4O3S. The number of aromatic nitrogens is 2. The number of nitrogens with zero attached hydrogens (tertiary/aromatic N) is 2. The van der Waals surface area contributed by atoms with E-state index in [4.69, 9.17) is 9.47 Å². The van der Waals surface area contributed by atoms with Gasteiger partial charge in [0.25, 0.3) is 5.91 Å². The van der Waals surface area contributed by atoms with Gasteiger partial charge in [-0.25, -0.2) is 4.98 Å². The Bertz CT molecular complexity index is 1150. The lowest BCUT2D eigenvalue weighted by molar-refractivity contribution is 0.102. The van der Waals surface area contributed by atoms with Crippen LogP contribution in [0.2, 0.25) is 0 Å². The summed E-state index contributed by atoms with van der Waals surface area (Å²) < 4.78 is 10.4. The van der Waals surface area contributed by atoms with E-state index in [0.29, 0.717) is 22.7 Å². The normalized spacial score (nSPS) is 10.4. The van der Waals surface area contributed by atoms with Crippen molar-refractivity contribution in [3.63, 3.8) is 0 Å². The number of hydrogen-bond donors (Lipinski definition) is 2. The number of pyridine rings is 1. The van der Waals surface area contributed by atoms with Crippen molar-refractivity contribution in [2.75, 3.05) is 24.9 Å². The van der Waals surface area contributed by atoms with E-state index in [1.54, 1.807) is 44.8 Å². The van der Waals surface area contributed by atoms with Crippen molar-refractivity contribution in [2.45, 2.75) is 0 Å². The summed E-state index contributed by atoms with van der Waals surface area (Å²) in [6, 6.07) is 16.3. The van der Waals surface area contributed by atoms with Gasteiger partial charge in [-0.05, 0) is 48.5 Å². The number of benzene rings is 2. The molecular weight excluding hydrogens is 412 g/mol. The first-order chi connectivity index (χ1) is 15.1. The Labute approximate surface area is 183 Å². The lowest BCUT2D eigenvalue weighted by Gasteiger charge is -2.10. The molecule has 0 aliphatic rings. The molecule has 156 valence electrons. The van der Waals surface area contributed by atoms with Gasteiger partial charge in [0.15, 0.2) is 5.13 Å². The number of hydrogen-bond acceptors (Lipinski definition) is 7. The Hall–Kier alpha value is -3.91. The molecule has 0 radical (unpaired) electrons. The van der Waals surface area contributed by atoms with Crippen LogP contribution in [0.25, 0.3) is 11.3 Å². The van der Waals surface area contributed by atoms with E-state index in [9.17, 15) is 4.79 Å². The van der Waals surface area contributed by atoms with Crippen LogP contribution >= 0.6 is 11.3 Å². The molecule has 0 fully saturated rings. The zero-order valence-electron chi connectivity index (χ0n) is 17.0. The van der Waals surface area contributed by atoms with Crippen LogP contribution in [0.4, 0.5) is 16.5 Å². The molecule has 0 aliphatic heterocycles.